The van der Waals surface area contributed by atoms with Crippen molar-refractivity contribution in [3.63, 3.8) is 0 Å². The van der Waals surface area contributed by atoms with Crippen LogP contribution in [0.3, 0.4) is 0 Å². The summed E-state index contributed by atoms with van der Waals surface area (Å²) in [5.74, 6) is -9.97. The summed E-state index contributed by atoms with van der Waals surface area (Å²) in [6.45, 7) is 4.84. The summed E-state index contributed by atoms with van der Waals surface area (Å²) in [7, 11) is 0. The van der Waals surface area contributed by atoms with Gasteiger partial charge in [0.25, 0.3) is 5.91 Å². The van der Waals surface area contributed by atoms with Crippen LogP contribution in [-0.2, 0) is 23.9 Å². The fraction of sp³-hybridized carbons (Fsp3) is 0.417. The number of ether oxygens (including phenoxy) is 1. The molecule has 4 rings (SSSR count). The van der Waals surface area contributed by atoms with Crippen molar-refractivity contribution in [2.45, 2.75) is 44.8 Å². The minimum absolute atomic E-state index is 0.0314. The van der Waals surface area contributed by atoms with Crippen molar-refractivity contribution >= 4 is 29.2 Å². The predicted octanol–water partition coefficient (Wildman–Crippen LogP) is 1.16. The Morgan fingerprint density at radius 2 is 1.82 bits per heavy atom. The van der Waals surface area contributed by atoms with E-state index >= 15 is 0 Å². The number of amides is 1. The fourth-order valence-electron chi connectivity index (χ4n) is 5.35. The average molecular weight is 471 g/mol. The molecule has 0 aromatic heterocycles. The van der Waals surface area contributed by atoms with Gasteiger partial charge in [0.1, 0.15) is 28.9 Å². The third-order valence-electron chi connectivity index (χ3n) is 7.06. The Bertz CT molecular complexity index is 1210. The minimum atomic E-state index is -2.86. The van der Waals surface area contributed by atoms with E-state index in [0.29, 0.717) is 5.56 Å². The Kier molecular flexibility index (Phi) is 5.32. The van der Waals surface area contributed by atoms with Gasteiger partial charge in [-0.15, -0.1) is 0 Å². The summed E-state index contributed by atoms with van der Waals surface area (Å²) < 4.78 is 5.70. The van der Waals surface area contributed by atoms with Crippen molar-refractivity contribution in [2.24, 2.45) is 23.5 Å². The second-order valence-electron chi connectivity index (χ2n) is 9.29. The van der Waals surface area contributed by atoms with Gasteiger partial charge in [-0.3, -0.25) is 19.2 Å². The summed E-state index contributed by atoms with van der Waals surface area (Å²) in [5.41, 5.74) is 1.48. The number of hydrogen-bond acceptors (Lipinski definition) is 9. The lowest BCUT2D eigenvalue weighted by Gasteiger charge is -2.51. The molecule has 3 aliphatic carbocycles. The molecule has 0 aliphatic heterocycles. The van der Waals surface area contributed by atoms with E-state index in [1.165, 1.54) is 6.07 Å². The molecule has 0 radical (unpaired) electrons. The largest absolute Gasteiger partial charge is 0.508 e. The van der Waals surface area contributed by atoms with Crippen molar-refractivity contribution < 1.29 is 44.3 Å². The number of aromatic hydroxyl groups is 1. The molecule has 5 atom stereocenters. The van der Waals surface area contributed by atoms with Gasteiger partial charge in [-0.05, 0) is 17.5 Å². The van der Waals surface area contributed by atoms with E-state index in [9.17, 15) is 39.6 Å². The first-order valence-corrected chi connectivity index (χ1v) is 10.8. The van der Waals surface area contributed by atoms with E-state index in [2.05, 4.69) is 0 Å². The second-order valence-corrected chi connectivity index (χ2v) is 9.29. The molecule has 10 heteroatoms. The van der Waals surface area contributed by atoms with E-state index in [-0.39, 0.29) is 16.9 Å². The zero-order chi connectivity index (χ0) is 25.3. The topological polar surface area (TPSA) is 184 Å². The summed E-state index contributed by atoms with van der Waals surface area (Å²) in [4.78, 5) is 50.8. The number of carbonyl (C=O) groups excluding carboxylic acids is 4. The first-order chi connectivity index (χ1) is 15.8. The summed E-state index contributed by atoms with van der Waals surface area (Å²) >= 11 is 0. The van der Waals surface area contributed by atoms with Gasteiger partial charge in [-0.2, -0.15) is 0 Å². The zero-order valence-corrected chi connectivity index (χ0v) is 18.7. The van der Waals surface area contributed by atoms with E-state index < -0.39 is 82.3 Å². The molecule has 6 N–H and O–H groups in total. The third kappa shape index (κ3) is 2.98. The quantitative estimate of drug-likeness (QED) is 0.319. The van der Waals surface area contributed by atoms with E-state index in [1.54, 1.807) is 32.9 Å². The number of carbonyl (C=O) groups is 4. The number of fused-ring (bicyclic) bond motifs is 3. The van der Waals surface area contributed by atoms with Crippen LogP contribution in [0.25, 0.3) is 5.76 Å². The number of rotatable bonds is 3. The maximum atomic E-state index is 13.7. The van der Waals surface area contributed by atoms with Crippen molar-refractivity contribution in [2.75, 3.05) is 0 Å². The molecule has 34 heavy (non-hydrogen) atoms. The number of nitrogens with two attached hydrogens (primary N) is 1. The number of benzene rings is 1. The number of Topliss-reactive ketones (excluding diaryl/α,β-unsaturated/α-hetero) is 2. The molecule has 0 unspecified atom stereocenters. The molecule has 180 valence electrons. The standard InChI is InChI=1S/C24H25NO9/c1-8(2)23(32)34-19-11-7-13(27)16(22(25)31)20(29)24(11,33)21(30)17-14(19)9(3)10-5-4-6-12(26)15(10)18(17)28/h4-6,8-9,11,14,19,26,28-29,33H,7H2,1-3H3,(H2,25,31)/t9-,11+,14+,19+,24+/m0/s1. The van der Waals surface area contributed by atoms with Crippen LogP contribution in [-0.4, -0.2) is 55.6 Å². The maximum absolute atomic E-state index is 13.7. The van der Waals surface area contributed by atoms with Gasteiger partial charge in [0.2, 0.25) is 5.78 Å². The van der Waals surface area contributed by atoms with Crippen LogP contribution in [0.15, 0.2) is 35.1 Å². The number of primary amides is 1. The Balaban J connectivity index is 2.04. The number of esters is 1. The highest BCUT2D eigenvalue weighted by molar-refractivity contribution is 6.23. The molecule has 1 saturated carbocycles. The second kappa shape index (κ2) is 7.69. The van der Waals surface area contributed by atoms with Gasteiger partial charge in [0.05, 0.1) is 11.5 Å². The highest BCUT2D eigenvalue weighted by Gasteiger charge is 2.66. The predicted molar refractivity (Wildman–Crippen MR) is 116 cm³/mol. The number of hydrogen-bond donors (Lipinski definition) is 5. The van der Waals surface area contributed by atoms with E-state index in [4.69, 9.17) is 10.5 Å². The van der Waals surface area contributed by atoms with Crippen LogP contribution in [0.4, 0.5) is 0 Å². The van der Waals surface area contributed by atoms with Crippen molar-refractivity contribution in [3.05, 3.63) is 46.2 Å². The van der Waals surface area contributed by atoms with Crippen LogP contribution < -0.4 is 5.73 Å². The third-order valence-corrected chi connectivity index (χ3v) is 7.06. The van der Waals surface area contributed by atoms with E-state index in [0.717, 1.165) is 0 Å². The molecule has 0 spiro atoms. The highest BCUT2D eigenvalue weighted by atomic mass is 16.5. The van der Waals surface area contributed by atoms with Gasteiger partial charge in [-0.25, -0.2) is 0 Å². The summed E-state index contributed by atoms with van der Waals surface area (Å²) in [5, 5.41) is 43.8. The SMILES string of the molecule is CC(C)C(=O)O[C@H]1[C@H]2C(=C(O)c3c(O)cccc3[C@@H]2C)C(=O)[C@]2(O)C(O)=C(C(N)=O)C(=O)C[C@H]12. The molecule has 1 amide bonds. The van der Waals surface area contributed by atoms with Crippen molar-refractivity contribution in [1.82, 2.24) is 0 Å². The first-order valence-electron chi connectivity index (χ1n) is 10.8. The van der Waals surface area contributed by atoms with Crippen molar-refractivity contribution in [1.29, 1.82) is 0 Å². The van der Waals surface area contributed by atoms with Gasteiger partial charge >= 0.3 is 5.97 Å². The van der Waals surface area contributed by atoms with Crippen LogP contribution in [0, 0.1) is 17.8 Å². The smallest absolute Gasteiger partial charge is 0.308 e. The molecule has 0 saturated heterocycles. The molecular weight excluding hydrogens is 446 g/mol. The van der Waals surface area contributed by atoms with Crippen LogP contribution in [0.1, 0.15) is 44.2 Å². The Hall–Kier alpha value is -3.66. The van der Waals surface area contributed by atoms with Gasteiger partial charge in [0, 0.05) is 23.8 Å². The molecule has 0 bridgehead atoms. The Morgan fingerprint density at radius 3 is 2.41 bits per heavy atom. The Morgan fingerprint density at radius 1 is 1.18 bits per heavy atom. The van der Waals surface area contributed by atoms with Crippen LogP contribution in [0.2, 0.25) is 0 Å². The molecule has 1 aromatic rings. The number of phenolic OH excluding ortho intramolecular Hbond substituents is 1. The molecular formula is C24H25NO9. The molecule has 1 fully saturated rings. The van der Waals surface area contributed by atoms with Crippen molar-refractivity contribution in [3.8, 4) is 5.75 Å². The lowest BCUT2D eigenvalue weighted by Crippen LogP contribution is -2.64. The zero-order valence-electron chi connectivity index (χ0n) is 18.7. The summed E-state index contributed by atoms with van der Waals surface area (Å²) in [6.07, 6.45) is -1.94. The van der Waals surface area contributed by atoms with Gasteiger partial charge in [0.15, 0.2) is 11.4 Å². The van der Waals surface area contributed by atoms with Crippen LogP contribution >= 0.6 is 0 Å². The minimum Gasteiger partial charge on any atom is -0.508 e. The lowest BCUT2D eigenvalue weighted by atomic mass is 9.55. The highest BCUT2D eigenvalue weighted by Crippen LogP contribution is 2.56. The number of aliphatic hydroxyl groups excluding tert-OH is 2. The van der Waals surface area contributed by atoms with Gasteiger partial charge in [-0.1, -0.05) is 32.9 Å². The molecule has 10 nitrogen and oxygen atoms in total. The average Bonchev–Trinajstić information content (AvgIpc) is 2.75. The Labute approximate surface area is 194 Å². The number of ketones is 2. The fourth-order valence-corrected chi connectivity index (χ4v) is 5.35. The normalized spacial score (nSPS) is 30.6. The molecule has 1 aromatic carbocycles. The van der Waals surface area contributed by atoms with Gasteiger partial charge < -0.3 is 30.9 Å². The lowest BCUT2D eigenvalue weighted by molar-refractivity contribution is -0.180. The number of phenols is 1. The monoisotopic (exact) mass is 471 g/mol. The maximum Gasteiger partial charge on any atom is 0.308 e. The molecule has 0 heterocycles. The molecule has 3 aliphatic rings. The number of aliphatic hydroxyl groups is 3. The first kappa shape index (κ1) is 23.5. The van der Waals surface area contributed by atoms with E-state index in [1.807, 2.05) is 0 Å². The van der Waals surface area contributed by atoms with Crippen LogP contribution in [0.5, 0.6) is 5.75 Å². The summed E-state index contributed by atoms with van der Waals surface area (Å²) in [6, 6.07) is 4.50.